The maximum absolute atomic E-state index is 10.6. The number of benzene rings is 1. The van der Waals surface area contributed by atoms with Gasteiger partial charge in [0.25, 0.3) is 0 Å². The zero-order chi connectivity index (χ0) is 13.1. The quantitative estimate of drug-likeness (QED) is 0.634. The Hall–Kier alpha value is -2.08. The number of H-pyrrole nitrogens is 1. The van der Waals surface area contributed by atoms with Crippen LogP contribution in [0.5, 0.6) is 0 Å². The number of nitrogens with two attached hydrogens (primary N) is 1. The Balaban J connectivity index is 1.97. The topological polar surface area (TPSA) is 104 Å². The van der Waals surface area contributed by atoms with Crippen LogP contribution in [-0.4, -0.2) is 33.6 Å². The summed E-state index contributed by atoms with van der Waals surface area (Å²) in [6, 6.07) is 4.95. The average molecular weight is 248 g/mol. The minimum absolute atomic E-state index is 0.384. The Labute approximate surface area is 104 Å². The number of hydrogen-bond acceptors (Lipinski definition) is 4. The molecule has 1 aromatic heterocycles. The summed E-state index contributed by atoms with van der Waals surface area (Å²) in [7, 11) is 0. The average Bonchev–Trinajstić information content (AvgIpc) is 2.68. The van der Waals surface area contributed by atoms with E-state index in [9.17, 15) is 4.79 Å². The molecule has 6 heteroatoms. The maximum Gasteiger partial charge on any atom is 0.320 e. The number of nitrogens with one attached hydrogen (secondary N) is 2. The Morgan fingerprint density at radius 2 is 2.39 bits per heavy atom. The van der Waals surface area contributed by atoms with E-state index in [1.165, 1.54) is 0 Å². The zero-order valence-corrected chi connectivity index (χ0v) is 10.1. The van der Waals surface area contributed by atoms with E-state index >= 15 is 0 Å². The molecule has 0 saturated heterocycles. The van der Waals surface area contributed by atoms with Crippen LogP contribution in [0, 0.1) is 6.92 Å². The van der Waals surface area contributed by atoms with Crippen molar-refractivity contribution < 1.29 is 9.90 Å². The summed E-state index contributed by atoms with van der Waals surface area (Å²) in [5.74, 6) is -0.105. The molecule has 0 aliphatic carbocycles. The van der Waals surface area contributed by atoms with Gasteiger partial charge in [-0.05, 0) is 31.5 Å². The van der Waals surface area contributed by atoms with Crippen LogP contribution in [0.1, 0.15) is 12.2 Å². The van der Waals surface area contributed by atoms with E-state index < -0.39 is 12.0 Å². The zero-order valence-electron chi connectivity index (χ0n) is 10.1. The van der Waals surface area contributed by atoms with Crippen molar-refractivity contribution in [2.45, 2.75) is 19.4 Å². The Morgan fingerprint density at radius 1 is 1.61 bits per heavy atom. The number of aromatic nitrogens is 2. The number of anilines is 1. The molecule has 1 heterocycles. The minimum Gasteiger partial charge on any atom is -0.480 e. The van der Waals surface area contributed by atoms with Gasteiger partial charge < -0.3 is 21.1 Å². The summed E-state index contributed by atoms with van der Waals surface area (Å²) >= 11 is 0. The fourth-order valence-corrected chi connectivity index (χ4v) is 1.74. The molecule has 5 N–H and O–H groups in total. The number of aliphatic carboxylic acids is 1. The molecule has 18 heavy (non-hydrogen) atoms. The number of fused-ring (bicyclic) bond motifs is 1. The van der Waals surface area contributed by atoms with Crippen molar-refractivity contribution in [2.75, 3.05) is 11.9 Å². The van der Waals surface area contributed by atoms with Gasteiger partial charge in [-0.1, -0.05) is 0 Å². The number of carbonyl (C=O) groups is 1. The summed E-state index contributed by atoms with van der Waals surface area (Å²) < 4.78 is 0. The van der Waals surface area contributed by atoms with Crippen LogP contribution in [0.2, 0.25) is 0 Å². The van der Waals surface area contributed by atoms with Gasteiger partial charge in [0.15, 0.2) is 0 Å². The summed E-state index contributed by atoms with van der Waals surface area (Å²) in [5, 5.41) is 11.8. The first-order chi connectivity index (χ1) is 8.56. The van der Waals surface area contributed by atoms with E-state index in [2.05, 4.69) is 15.3 Å². The van der Waals surface area contributed by atoms with Crippen molar-refractivity contribution in [1.29, 1.82) is 0 Å². The van der Waals surface area contributed by atoms with Crippen LogP contribution >= 0.6 is 0 Å². The molecule has 0 aliphatic rings. The van der Waals surface area contributed by atoms with Crippen LogP contribution in [0.15, 0.2) is 18.2 Å². The van der Waals surface area contributed by atoms with E-state index in [1.807, 2.05) is 25.1 Å². The number of carboxylic acid groups (broad SMARTS) is 1. The summed E-state index contributed by atoms with van der Waals surface area (Å²) in [6.07, 6.45) is 0.384. The van der Waals surface area contributed by atoms with E-state index in [1.54, 1.807) is 0 Å². The smallest absolute Gasteiger partial charge is 0.320 e. The second-order valence-electron chi connectivity index (χ2n) is 4.21. The SMILES string of the molecule is Cc1nc2ccc(NCCC(N)C(=O)O)cc2[nH]1. The molecule has 1 aromatic carbocycles. The summed E-state index contributed by atoms with van der Waals surface area (Å²) in [4.78, 5) is 18.0. The fourth-order valence-electron chi connectivity index (χ4n) is 1.74. The molecule has 6 nitrogen and oxygen atoms in total. The van der Waals surface area contributed by atoms with E-state index in [4.69, 9.17) is 10.8 Å². The molecule has 1 atom stereocenters. The molecule has 1 unspecified atom stereocenters. The van der Waals surface area contributed by atoms with Crippen molar-refractivity contribution in [3.8, 4) is 0 Å². The van der Waals surface area contributed by atoms with Gasteiger partial charge in [0.1, 0.15) is 11.9 Å². The van der Waals surface area contributed by atoms with E-state index in [0.717, 1.165) is 22.5 Å². The van der Waals surface area contributed by atoms with Crippen LogP contribution < -0.4 is 11.1 Å². The fraction of sp³-hybridized carbons (Fsp3) is 0.333. The van der Waals surface area contributed by atoms with Crippen LogP contribution in [0.4, 0.5) is 5.69 Å². The second-order valence-corrected chi connectivity index (χ2v) is 4.21. The van der Waals surface area contributed by atoms with E-state index in [0.29, 0.717) is 13.0 Å². The Morgan fingerprint density at radius 3 is 3.11 bits per heavy atom. The number of hydrogen-bond donors (Lipinski definition) is 4. The molecule has 0 radical (unpaired) electrons. The lowest BCUT2D eigenvalue weighted by Gasteiger charge is -2.08. The number of aryl methyl sites for hydroxylation is 1. The van der Waals surface area contributed by atoms with Crippen molar-refractivity contribution in [3.05, 3.63) is 24.0 Å². The van der Waals surface area contributed by atoms with Crippen molar-refractivity contribution in [2.24, 2.45) is 5.73 Å². The third kappa shape index (κ3) is 2.78. The van der Waals surface area contributed by atoms with Gasteiger partial charge in [-0.2, -0.15) is 0 Å². The molecule has 0 saturated carbocycles. The minimum atomic E-state index is -0.976. The van der Waals surface area contributed by atoms with Gasteiger partial charge in [-0.3, -0.25) is 4.79 Å². The molecule has 0 aliphatic heterocycles. The number of rotatable bonds is 5. The second kappa shape index (κ2) is 5.05. The lowest BCUT2D eigenvalue weighted by atomic mass is 10.2. The molecule has 0 bridgehead atoms. The molecular formula is C12H16N4O2. The maximum atomic E-state index is 10.6. The summed E-state index contributed by atoms with van der Waals surface area (Å²) in [5.41, 5.74) is 8.21. The molecule has 2 aromatic rings. The predicted octanol–water partition coefficient (Wildman–Crippen LogP) is 1.09. The van der Waals surface area contributed by atoms with Gasteiger partial charge >= 0.3 is 5.97 Å². The van der Waals surface area contributed by atoms with E-state index in [-0.39, 0.29) is 0 Å². The van der Waals surface area contributed by atoms with Crippen LogP contribution in [0.25, 0.3) is 11.0 Å². The summed E-state index contributed by atoms with van der Waals surface area (Å²) in [6.45, 7) is 2.42. The van der Waals surface area contributed by atoms with Gasteiger partial charge in [0, 0.05) is 12.2 Å². The van der Waals surface area contributed by atoms with Gasteiger partial charge in [-0.25, -0.2) is 4.98 Å². The van der Waals surface area contributed by atoms with Crippen LogP contribution in [-0.2, 0) is 4.79 Å². The first kappa shape index (κ1) is 12.4. The first-order valence-electron chi connectivity index (χ1n) is 5.75. The van der Waals surface area contributed by atoms with Gasteiger partial charge in [-0.15, -0.1) is 0 Å². The monoisotopic (exact) mass is 248 g/mol. The highest BCUT2D eigenvalue weighted by atomic mass is 16.4. The number of nitrogens with zero attached hydrogens (tertiary/aromatic N) is 1. The lowest BCUT2D eigenvalue weighted by molar-refractivity contribution is -0.138. The lowest BCUT2D eigenvalue weighted by Crippen LogP contribution is -2.32. The van der Waals surface area contributed by atoms with Crippen molar-refractivity contribution in [3.63, 3.8) is 0 Å². The molecule has 96 valence electrons. The number of carboxylic acids is 1. The molecule has 0 amide bonds. The van der Waals surface area contributed by atoms with Crippen molar-refractivity contribution in [1.82, 2.24) is 9.97 Å². The highest BCUT2D eigenvalue weighted by Gasteiger charge is 2.10. The number of aromatic amines is 1. The van der Waals surface area contributed by atoms with Crippen molar-refractivity contribution >= 4 is 22.7 Å². The largest absolute Gasteiger partial charge is 0.480 e. The highest BCUT2D eigenvalue weighted by Crippen LogP contribution is 2.16. The highest BCUT2D eigenvalue weighted by molar-refractivity contribution is 5.79. The Bertz CT molecular complexity index is 564. The predicted molar refractivity (Wildman–Crippen MR) is 69.5 cm³/mol. The number of imidazole rings is 1. The third-order valence-electron chi connectivity index (χ3n) is 2.70. The Kier molecular flexibility index (Phi) is 3.47. The van der Waals surface area contributed by atoms with Gasteiger partial charge in [0.2, 0.25) is 0 Å². The van der Waals surface area contributed by atoms with Crippen LogP contribution in [0.3, 0.4) is 0 Å². The molecule has 0 spiro atoms. The molecule has 2 rings (SSSR count). The third-order valence-corrected chi connectivity index (χ3v) is 2.70. The normalized spacial score (nSPS) is 12.6. The molecule has 0 fully saturated rings. The molecular weight excluding hydrogens is 232 g/mol. The first-order valence-corrected chi connectivity index (χ1v) is 5.75. The van der Waals surface area contributed by atoms with Gasteiger partial charge in [0.05, 0.1) is 11.0 Å². The standard InChI is InChI=1S/C12H16N4O2/c1-7-15-10-3-2-8(6-11(10)16-7)14-5-4-9(13)12(17)18/h2-3,6,9,14H,4-5,13H2,1H3,(H,15,16)(H,17,18).